The van der Waals surface area contributed by atoms with Crippen molar-refractivity contribution in [2.45, 2.75) is 58.7 Å². The average Bonchev–Trinajstić information content (AvgIpc) is 2.16. The Kier molecular flexibility index (Phi) is 4.54. The zero-order valence-electron chi connectivity index (χ0n) is 10.7. The van der Waals surface area contributed by atoms with E-state index in [1.807, 2.05) is 33.8 Å². The number of hydrogen-bond acceptors (Lipinski definition) is 3. The van der Waals surface area contributed by atoms with Crippen molar-refractivity contribution in [2.75, 3.05) is 6.61 Å². The van der Waals surface area contributed by atoms with Gasteiger partial charge in [0.15, 0.2) is 0 Å². The van der Waals surface area contributed by atoms with Crippen LogP contribution in [0.25, 0.3) is 0 Å². The minimum atomic E-state index is -0.229. The topological polar surface area (TPSA) is 35.5 Å². The van der Waals surface area contributed by atoms with E-state index in [4.69, 9.17) is 9.47 Å². The van der Waals surface area contributed by atoms with Gasteiger partial charge < -0.3 is 9.47 Å². The maximum atomic E-state index is 11.7. The normalized spacial score (nSPS) is 21.5. The van der Waals surface area contributed by atoms with Gasteiger partial charge >= 0.3 is 5.97 Å². The Hall–Kier alpha value is -0.830. The lowest BCUT2D eigenvalue weighted by Gasteiger charge is -2.30. The van der Waals surface area contributed by atoms with Crippen molar-refractivity contribution >= 4 is 5.97 Å². The molecule has 1 aliphatic carbocycles. The van der Waals surface area contributed by atoms with Crippen molar-refractivity contribution in [3.8, 4) is 0 Å². The standard InChI is InChI=1S/C13H22O3/c1-5-15-12(14)10-8-6-7-9-11(10)16-13(2,3)4/h8,11H,5-7,9H2,1-4H3. The number of hydrogen-bond donors (Lipinski definition) is 0. The summed E-state index contributed by atoms with van der Waals surface area (Å²) in [5, 5.41) is 0. The highest BCUT2D eigenvalue weighted by Gasteiger charge is 2.28. The maximum Gasteiger partial charge on any atom is 0.336 e. The van der Waals surface area contributed by atoms with Crippen molar-refractivity contribution in [3.05, 3.63) is 11.6 Å². The van der Waals surface area contributed by atoms with Crippen LogP contribution >= 0.6 is 0 Å². The molecule has 0 aromatic rings. The predicted octanol–water partition coefficient (Wildman–Crippen LogP) is 2.84. The Balaban J connectivity index is 2.71. The lowest BCUT2D eigenvalue weighted by Crippen LogP contribution is -2.33. The van der Waals surface area contributed by atoms with Gasteiger partial charge in [-0.1, -0.05) is 6.08 Å². The van der Waals surface area contributed by atoms with Gasteiger partial charge in [0.2, 0.25) is 0 Å². The van der Waals surface area contributed by atoms with Crippen LogP contribution in [0, 0.1) is 0 Å². The number of carbonyl (C=O) groups excluding carboxylic acids is 1. The molecule has 0 spiro atoms. The molecule has 1 aliphatic rings. The minimum absolute atomic E-state index is 0.104. The summed E-state index contributed by atoms with van der Waals surface area (Å²) in [5.41, 5.74) is 0.469. The van der Waals surface area contributed by atoms with Crippen LogP contribution in [-0.2, 0) is 14.3 Å². The molecule has 1 unspecified atom stereocenters. The number of ether oxygens (including phenoxy) is 2. The summed E-state index contributed by atoms with van der Waals surface area (Å²) in [7, 11) is 0. The van der Waals surface area contributed by atoms with E-state index in [-0.39, 0.29) is 17.7 Å². The SMILES string of the molecule is CCOC(=O)C1=CCCCC1OC(C)(C)C. The third-order valence-electron chi connectivity index (χ3n) is 2.39. The summed E-state index contributed by atoms with van der Waals surface area (Å²) in [5.74, 6) is -0.226. The van der Waals surface area contributed by atoms with Gasteiger partial charge in [0, 0.05) is 0 Å². The van der Waals surface area contributed by atoms with E-state index in [1.165, 1.54) is 0 Å². The van der Waals surface area contributed by atoms with Crippen LogP contribution in [0.2, 0.25) is 0 Å². The molecule has 0 fully saturated rings. The van der Waals surface area contributed by atoms with Crippen LogP contribution in [0.3, 0.4) is 0 Å². The number of carbonyl (C=O) groups is 1. The third-order valence-corrected chi connectivity index (χ3v) is 2.39. The van der Waals surface area contributed by atoms with Gasteiger partial charge in [-0.15, -0.1) is 0 Å². The summed E-state index contributed by atoms with van der Waals surface area (Å²) in [6.07, 6.45) is 4.77. The highest BCUT2D eigenvalue weighted by atomic mass is 16.5. The van der Waals surface area contributed by atoms with E-state index >= 15 is 0 Å². The molecule has 0 heterocycles. The van der Waals surface area contributed by atoms with Crippen molar-refractivity contribution in [3.63, 3.8) is 0 Å². The summed E-state index contributed by atoms with van der Waals surface area (Å²) >= 11 is 0. The molecule has 0 amide bonds. The van der Waals surface area contributed by atoms with Gasteiger partial charge in [0.1, 0.15) is 0 Å². The van der Waals surface area contributed by atoms with E-state index in [2.05, 4.69) is 0 Å². The molecule has 0 saturated heterocycles. The summed E-state index contributed by atoms with van der Waals surface area (Å²) in [4.78, 5) is 11.7. The first-order chi connectivity index (χ1) is 7.44. The Morgan fingerprint density at radius 3 is 2.75 bits per heavy atom. The average molecular weight is 226 g/mol. The number of allylic oxidation sites excluding steroid dienone is 1. The molecule has 16 heavy (non-hydrogen) atoms. The third kappa shape index (κ3) is 3.97. The van der Waals surface area contributed by atoms with Gasteiger partial charge in [0.25, 0.3) is 0 Å². The fraction of sp³-hybridized carbons (Fsp3) is 0.769. The fourth-order valence-corrected chi connectivity index (χ4v) is 1.83. The maximum absolute atomic E-state index is 11.7. The molecule has 0 N–H and O–H groups in total. The van der Waals surface area contributed by atoms with Crippen LogP contribution in [0.1, 0.15) is 47.0 Å². The van der Waals surface area contributed by atoms with E-state index in [9.17, 15) is 4.79 Å². The molecular formula is C13H22O3. The number of esters is 1. The quantitative estimate of drug-likeness (QED) is 0.694. The molecule has 1 atom stereocenters. The Morgan fingerprint density at radius 1 is 1.50 bits per heavy atom. The van der Waals surface area contributed by atoms with E-state index in [1.54, 1.807) is 0 Å². The van der Waals surface area contributed by atoms with Crippen LogP contribution in [0.5, 0.6) is 0 Å². The lowest BCUT2D eigenvalue weighted by molar-refractivity contribution is -0.142. The van der Waals surface area contributed by atoms with Gasteiger partial charge in [-0.05, 0) is 47.0 Å². The molecule has 0 bridgehead atoms. The van der Waals surface area contributed by atoms with E-state index < -0.39 is 0 Å². The number of rotatable bonds is 3. The molecule has 1 rings (SSSR count). The first kappa shape index (κ1) is 13.2. The highest BCUT2D eigenvalue weighted by Crippen LogP contribution is 2.26. The molecule has 3 heteroatoms. The first-order valence-electron chi connectivity index (χ1n) is 5.99. The second-order valence-electron chi connectivity index (χ2n) is 5.03. The summed E-state index contributed by atoms with van der Waals surface area (Å²) < 4.78 is 10.9. The summed E-state index contributed by atoms with van der Waals surface area (Å²) in [6, 6.07) is 0. The van der Waals surface area contributed by atoms with Gasteiger partial charge in [0.05, 0.1) is 23.9 Å². The first-order valence-corrected chi connectivity index (χ1v) is 5.99. The van der Waals surface area contributed by atoms with Gasteiger partial charge in [-0.2, -0.15) is 0 Å². The molecule has 0 aromatic heterocycles. The van der Waals surface area contributed by atoms with Crippen LogP contribution in [0.4, 0.5) is 0 Å². The Bertz CT molecular complexity index is 273. The van der Waals surface area contributed by atoms with Crippen LogP contribution in [-0.4, -0.2) is 24.3 Å². The van der Waals surface area contributed by atoms with E-state index in [0.29, 0.717) is 12.2 Å². The van der Waals surface area contributed by atoms with Gasteiger partial charge in [-0.3, -0.25) is 0 Å². The fourth-order valence-electron chi connectivity index (χ4n) is 1.83. The molecular weight excluding hydrogens is 204 g/mol. The van der Waals surface area contributed by atoms with Crippen molar-refractivity contribution in [2.24, 2.45) is 0 Å². The molecule has 92 valence electrons. The van der Waals surface area contributed by atoms with Crippen molar-refractivity contribution < 1.29 is 14.3 Å². The van der Waals surface area contributed by atoms with Crippen molar-refractivity contribution in [1.82, 2.24) is 0 Å². The molecule has 0 aliphatic heterocycles. The second kappa shape index (κ2) is 5.48. The van der Waals surface area contributed by atoms with Crippen LogP contribution < -0.4 is 0 Å². The smallest absolute Gasteiger partial charge is 0.336 e. The molecule has 0 aromatic carbocycles. The monoisotopic (exact) mass is 226 g/mol. The zero-order valence-corrected chi connectivity index (χ0v) is 10.7. The molecule has 0 saturated carbocycles. The van der Waals surface area contributed by atoms with Gasteiger partial charge in [-0.25, -0.2) is 4.79 Å². The second-order valence-corrected chi connectivity index (χ2v) is 5.03. The summed E-state index contributed by atoms with van der Waals surface area (Å²) in [6.45, 7) is 8.25. The largest absolute Gasteiger partial charge is 0.463 e. The zero-order chi connectivity index (χ0) is 12.2. The minimum Gasteiger partial charge on any atom is -0.463 e. The van der Waals surface area contributed by atoms with Crippen LogP contribution in [0.15, 0.2) is 11.6 Å². The predicted molar refractivity (Wildman–Crippen MR) is 63.2 cm³/mol. The highest BCUT2D eigenvalue weighted by molar-refractivity contribution is 5.89. The Morgan fingerprint density at radius 2 is 2.19 bits per heavy atom. The Labute approximate surface area is 97.8 Å². The van der Waals surface area contributed by atoms with E-state index in [0.717, 1.165) is 19.3 Å². The molecule has 3 nitrogen and oxygen atoms in total. The lowest BCUT2D eigenvalue weighted by atomic mass is 9.95. The molecule has 0 radical (unpaired) electrons. The van der Waals surface area contributed by atoms with Crippen molar-refractivity contribution in [1.29, 1.82) is 0 Å².